The van der Waals surface area contributed by atoms with Crippen molar-refractivity contribution in [3.63, 3.8) is 0 Å². The number of carboxylic acid groups (broad SMARTS) is 1. The van der Waals surface area contributed by atoms with Crippen molar-refractivity contribution in [1.29, 1.82) is 0 Å². The molecule has 4 aliphatic heterocycles. The maximum absolute atomic E-state index is 14.7. The quantitative estimate of drug-likeness (QED) is 0.0289. The predicted molar refractivity (Wildman–Crippen MR) is 270 cm³/mol. The van der Waals surface area contributed by atoms with Gasteiger partial charge < -0.3 is 83.5 Å². The molecule has 1 aromatic heterocycles. The Balaban J connectivity index is 1.33. The van der Waals surface area contributed by atoms with E-state index in [-0.39, 0.29) is 25.8 Å². The van der Waals surface area contributed by atoms with Crippen molar-refractivity contribution < 1.29 is 96.9 Å². The van der Waals surface area contributed by atoms with Gasteiger partial charge in [-0.1, -0.05) is 65.2 Å². The Bertz CT molecular complexity index is 2220. The number of H-pyrrole nitrogens is 1. The first-order valence-electron chi connectivity index (χ1n) is 26.8. The number of carbonyl (C=O) groups is 5. The van der Waals surface area contributed by atoms with Gasteiger partial charge in [0.2, 0.25) is 12.2 Å². The van der Waals surface area contributed by atoms with Gasteiger partial charge in [-0.05, 0) is 32.7 Å². The fourth-order valence-electron chi connectivity index (χ4n) is 10.7. The zero-order valence-electron chi connectivity index (χ0n) is 45.8. The summed E-state index contributed by atoms with van der Waals surface area (Å²) in [6.07, 6.45) is -12.6. The summed E-state index contributed by atoms with van der Waals surface area (Å²) in [4.78, 5) is 97.4. The minimum absolute atomic E-state index is 0.215. The molecule has 1 aromatic rings. The molecule has 27 heteroatoms. The lowest BCUT2D eigenvalue weighted by molar-refractivity contribution is -0.297. The first kappa shape index (κ1) is 64.3. The van der Waals surface area contributed by atoms with Crippen LogP contribution in [0.2, 0.25) is 0 Å². The van der Waals surface area contributed by atoms with Gasteiger partial charge in [0.1, 0.15) is 79.3 Å². The molecule has 0 aliphatic carbocycles. The third-order valence-electron chi connectivity index (χ3n) is 14.9. The van der Waals surface area contributed by atoms with Gasteiger partial charge in [0, 0.05) is 66.6 Å². The largest absolute Gasteiger partial charge is 0.480 e. The van der Waals surface area contributed by atoms with Crippen LogP contribution in [-0.4, -0.2) is 227 Å². The second-order valence-electron chi connectivity index (χ2n) is 20.7. The van der Waals surface area contributed by atoms with Gasteiger partial charge in [-0.2, -0.15) is 0 Å². The van der Waals surface area contributed by atoms with E-state index in [0.717, 1.165) is 73.7 Å². The number of esters is 3. The maximum atomic E-state index is 14.7. The van der Waals surface area contributed by atoms with Crippen LogP contribution in [0.4, 0.5) is 0 Å². The van der Waals surface area contributed by atoms with Crippen molar-refractivity contribution >= 4 is 29.8 Å². The Morgan fingerprint density at radius 1 is 0.769 bits per heavy atom. The number of nitrogens with zero attached hydrogens (tertiary/aromatic N) is 3. The molecular formula is C51H83N5O22. The number of amides is 1. The second kappa shape index (κ2) is 30.4. The van der Waals surface area contributed by atoms with Gasteiger partial charge in [-0.25, -0.2) is 9.59 Å². The summed E-state index contributed by atoms with van der Waals surface area (Å²) in [5, 5.41) is 55.1. The Morgan fingerprint density at radius 3 is 1.97 bits per heavy atom. The number of hydrogen-bond donors (Lipinski definition) is 7. The molecule has 5 rings (SSSR count). The first-order valence-corrected chi connectivity index (χ1v) is 26.8. The van der Waals surface area contributed by atoms with Crippen LogP contribution in [0.25, 0.3) is 0 Å². The number of methoxy groups -OCH3 is 3. The summed E-state index contributed by atoms with van der Waals surface area (Å²) in [6.45, 7) is 4.74. The number of nitrogens with one attached hydrogen (secondary N) is 1. The molecule has 4 fully saturated rings. The number of aliphatic hydroxyl groups excluding tert-OH is 4. The highest BCUT2D eigenvalue weighted by Gasteiger charge is 2.57. The van der Waals surface area contributed by atoms with Crippen molar-refractivity contribution in [2.75, 3.05) is 48.5 Å². The van der Waals surface area contributed by atoms with Crippen LogP contribution in [0, 0.1) is 5.92 Å². The predicted octanol–water partition coefficient (Wildman–Crippen LogP) is -0.944. The number of aliphatic carboxylic acids is 1. The van der Waals surface area contributed by atoms with E-state index in [1.807, 2.05) is 4.98 Å². The molecule has 0 spiro atoms. The molecule has 4 saturated heterocycles. The van der Waals surface area contributed by atoms with Crippen molar-refractivity contribution in [1.82, 2.24) is 19.4 Å². The molecule has 4 aliphatic rings. The van der Waals surface area contributed by atoms with Crippen molar-refractivity contribution in [3.8, 4) is 0 Å². The van der Waals surface area contributed by atoms with E-state index < -0.39 is 170 Å². The zero-order valence-corrected chi connectivity index (χ0v) is 45.8. The standard InChI is InChI=1S/C51H83N5O22/c1-9-10-11-12-13-14-15-16-17-18-28(73-32(58)21-26(2)22-33(59)76-50-45(71-8)44(70-7)41(69-6)27(3)72-50)23-34(60)74-30-25-54(4)36(46(65)55(5)35(30)48(66)67)42(78-49-40(64)37(61)29(24-52)75-49)43-38(62)39(63)47(77-43)56-20-19-31(57)53-51(56)68/h19-20,26-30,35-45,47,49-50,61-64H,9-18,21-25,52H2,1-8H3,(H,66,67)(H,53,57,68)/t26?,27?,28?,29-,30+,35+,36+,37-,38+,39-,40-,41?,42+,43+,44?,45?,47-,49+,50?/m1/s1. The fourth-order valence-corrected chi connectivity index (χ4v) is 10.7. The Hall–Kier alpha value is -4.49. The van der Waals surface area contributed by atoms with Crippen molar-refractivity contribution in [3.05, 3.63) is 33.1 Å². The normalized spacial score (nSPS) is 32.8. The first-order chi connectivity index (χ1) is 37.1. The topological polar surface area (TPSA) is 366 Å². The molecule has 19 atom stereocenters. The number of aromatic amines is 1. The lowest BCUT2D eigenvalue weighted by atomic mass is 9.97. The molecule has 27 nitrogen and oxygen atoms in total. The van der Waals surface area contributed by atoms with Gasteiger partial charge in [0.05, 0.1) is 12.5 Å². The number of aliphatic hydroxyl groups is 4. The molecule has 0 radical (unpaired) electrons. The molecule has 7 unspecified atom stereocenters. The minimum Gasteiger partial charge on any atom is -0.480 e. The van der Waals surface area contributed by atoms with Crippen molar-refractivity contribution in [2.45, 2.75) is 214 Å². The molecule has 8 N–H and O–H groups in total. The third-order valence-corrected chi connectivity index (χ3v) is 14.9. The van der Waals surface area contributed by atoms with Crippen LogP contribution in [-0.2, 0) is 71.3 Å². The van der Waals surface area contributed by atoms with E-state index >= 15 is 0 Å². The Labute approximate surface area is 452 Å². The molecule has 0 bridgehead atoms. The van der Waals surface area contributed by atoms with E-state index in [4.69, 9.17) is 53.1 Å². The molecular weight excluding hydrogens is 1030 g/mol. The Morgan fingerprint density at radius 2 is 1.38 bits per heavy atom. The van der Waals surface area contributed by atoms with Crippen LogP contribution in [0.1, 0.15) is 110 Å². The second-order valence-corrected chi connectivity index (χ2v) is 20.7. The van der Waals surface area contributed by atoms with Crippen molar-refractivity contribution in [2.24, 2.45) is 11.7 Å². The summed E-state index contributed by atoms with van der Waals surface area (Å²) in [5.41, 5.74) is 3.94. The molecule has 78 heavy (non-hydrogen) atoms. The molecule has 0 saturated carbocycles. The van der Waals surface area contributed by atoms with Gasteiger partial charge in [0.15, 0.2) is 18.6 Å². The number of hydrogen-bond acceptors (Lipinski definition) is 23. The third kappa shape index (κ3) is 16.3. The zero-order chi connectivity index (χ0) is 57.5. The number of aromatic nitrogens is 2. The van der Waals surface area contributed by atoms with E-state index in [0.29, 0.717) is 6.42 Å². The van der Waals surface area contributed by atoms with Gasteiger partial charge in [-0.3, -0.25) is 38.4 Å². The maximum Gasteiger partial charge on any atom is 0.330 e. The van der Waals surface area contributed by atoms with E-state index in [2.05, 4.69) is 6.92 Å². The molecule has 444 valence electrons. The lowest BCUT2D eigenvalue weighted by Gasteiger charge is -2.43. The highest BCUT2D eigenvalue weighted by molar-refractivity contribution is 5.88. The highest BCUT2D eigenvalue weighted by Crippen LogP contribution is 2.37. The lowest BCUT2D eigenvalue weighted by Crippen LogP contribution is -2.59. The Kier molecular flexibility index (Phi) is 25.0. The van der Waals surface area contributed by atoms with Crippen LogP contribution in [0.5, 0.6) is 0 Å². The number of carboxylic acids is 1. The van der Waals surface area contributed by atoms with Crippen LogP contribution < -0.4 is 17.0 Å². The van der Waals surface area contributed by atoms with Gasteiger partial charge >= 0.3 is 29.6 Å². The summed E-state index contributed by atoms with van der Waals surface area (Å²) < 4.78 is 58.7. The fraction of sp³-hybridized carbons (Fsp3) is 0.824. The number of carbonyl (C=O) groups excluding carboxylic acids is 4. The summed E-state index contributed by atoms with van der Waals surface area (Å²) in [7, 11) is 6.87. The number of ether oxygens (including phenoxy) is 10. The smallest absolute Gasteiger partial charge is 0.330 e. The SMILES string of the molecule is CCCCCCCCCCCC(CC(=O)O[C@H]1CN(C)[C@@H]([C@H](O[C@@H]2O[C@H](CN)[C@@H](O)[C@H]2O)[C@H]2O[C@@H](n3ccc(=O)[nH]c3=O)[C@H](O)[C@@H]2O)C(=O)N(C)[C@@H]1C(=O)O)OC(=O)CC(C)CC(=O)OC1OC(C)C(OC)C(OC)C1OC. The number of nitrogens with two attached hydrogens (primary N) is 1. The molecule has 1 amide bonds. The summed E-state index contributed by atoms with van der Waals surface area (Å²) >= 11 is 0. The van der Waals surface area contributed by atoms with Crippen LogP contribution >= 0.6 is 0 Å². The van der Waals surface area contributed by atoms with Gasteiger partial charge in [-0.15, -0.1) is 0 Å². The highest BCUT2D eigenvalue weighted by atomic mass is 16.7. The monoisotopic (exact) mass is 1120 g/mol. The average Bonchev–Trinajstić information content (AvgIpc) is 3.79. The van der Waals surface area contributed by atoms with E-state index in [1.165, 1.54) is 39.7 Å². The van der Waals surface area contributed by atoms with E-state index in [9.17, 15) is 59.1 Å². The number of unbranched alkanes of at least 4 members (excludes halogenated alkanes) is 8. The number of rotatable bonds is 29. The van der Waals surface area contributed by atoms with E-state index in [1.54, 1.807) is 13.8 Å². The molecule has 0 aromatic carbocycles. The summed E-state index contributed by atoms with van der Waals surface area (Å²) in [5.74, 6) is -5.57. The molecule has 5 heterocycles. The number of likely N-dealkylation sites (N-methyl/N-ethyl adjacent to an activating group) is 2. The van der Waals surface area contributed by atoms with Crippen LogP contribution in [0.3, 0.4) is 0 Å². The minimum atomic E-state index is -1.97. The van der Waals surface area contributed by atoms with Crippen LogP contribution in [0.15, 0.2) is 21.9 Å². The average molecular weight is 1120 g/mol. The summed E-state index contributed by atoms with van der Waals surface area (Å²) in [6, 6.07) is -2.60. The van der Waals surface area contributed by atoms with Gasteiger partial charge in [0.25, 0.3) is 5.56 Å².